The summed E-state index contributed by atoms with van der Waals surface area (Å²) in [6.45, 7) is 2.05. The number of nitrogens with zero attached hydrogens (tertiary/aromatic N) is 2. The number of rotatable bonds is 3. The first-order valence-corrected chi connectivity index (χ1v) is 6.22. The molecule has 0 radical (unpaired) electrons. The molecule has 0 aromatic carbocycles. The molecule has 1 atom stereocenters. The van der Waals surface area contributed by atoms with Crippen LogP contribution in [0.15, 0.2) is 41.3 Å². The van der Waals surface area contributed by atoms with Crippen LogP contribution >= 0.6 is 15.9 Å². The Morgan fingerprint density at radius 1 is 1.29 bits per heavy atom. The Balaban J connectivity index is 2.14. The van der Waals surface area contributed by atoms with Crippen molar-refractivity contribution in [1.82, 2.24) is 9.97 Å². The second kappa shape index (κ2) is 5.38. The van der Waals surface area contributed by atoms with Gasteiger partial charge in [0.05, 0.1) is 0 Å². The van der Waals surface area contributed by atoms with Crippen LogP contribution in [0, 0.1) is 6.92 Å². The van der Waals surface area contributed by atoms with Crippen molar-refractivity contribution in [3.8, 4) is 0 Å². The molecule has 2 heterocycles. The highest BCUT2D eigenvalue weighted by Gasteiger charge is 2.10. The van der Waals surface area contributed by atoms with Gasteiger partial charge in [-0.05, 0) is 52.2 Å². The SMILES string of the molecule is Cc1ccncc1C(N)Cc1ccc(Br)cn1. The second-order valence-corrected chi connectivity index (χ2v) is 4.93. The summed E-state index contributed by atoms with van der Waals surface area (Å²) in [6, 6.07) is 5.88. The highest BCUT2D eigenvalue weighted by Crippen LogP contribution is 2.18. The van der Waals surface area contributed by atoms with Gasteiger partial charge in [-0.2, -0.15) is 0 Å². The molecule has 4 heteroatoms. The lowest BCUT2D eigenvalue weighted by Gasteiger charge is -2.13. The predicted octanol–water partition coefficient (Wildman–Crippen LogP) is 2.79. The van der Waals surface area contributed by atoms with Crippen molar-refractivity contribution in [1.29, 1.82) is 0 Å². The number of pyridine rings is 2. The van der Waals surface area contributed by atoms with E-state index in [2.05, 4.69) is 25.9 Å². The average Bonchev–Trinajstić information content (AvgIpc) is 2.32. The van der Waals surface area contributed by atoms with Crippen LogP contribution in [0.25, 0.3) is 0 Å². The molecule has 0 aliphatic carbocycles. The number of nitrogens with two attached hydrogens (primary N) is 1. The van der Waals surface area contributed by atoms with Crippen molar-refractivity contribution in [2.45, 2.75) is 19.4 Å². The van der Waals surface area contributed by atoms with Crippen molar-refractivity contribution < 1.29 is 0 Å². The summed E-state index contributed by atoms with van der Waals surface area (Å²) >= 11 is 3.36. The van der Waals surface area contributed by atoms with Crippen LogP contribution in [0.5, 0.6) is 0 Å². The molecule has 0 aliphatic heterocycles. The zero-order valence-electron chi connectivity index (χ0n) is 9.60. The fourth-order valence-electron chi connectivity index (χ4n) is 1.73. The van der Waals surface area contributed by atoms with Gasteiger partial charge < -0.3 is 5.73 Å². The number of hydrogen-bond donors (Lipinski definition) is 1. The maximum absolute atomic E-state index is 6.17. The minimum absolute atomic E-state index is 0.0580. The highest BCUT2D eigenvalue weighted by atomic mass is 79.9. The van der Waals surface area contributed by atoms with Crippen LogP contribution < -0.4 is 5.73 Å². The van der Waals surface area contributed by atoms with Crippen LogP contribution in [0.1, 0.15) is 22.9 Å². The molecule has 2 rings (SSSR count). The molecule has 0 spiro atoms. The fraction of sp³-hybridized carbons (Fsp3) is 0.231. The summed E-state index contributed by atoms with van der Waals surface area (Å²) in [5.74, 6) is 0. The zero-order valence-corrected chi connectivity index (χ0v) is 11.2. The first-order valence-electron chi connectivity index (χ1n) is 5.43. The highest BCUT2D eigenvalue weighted by molar-refractivity contribution is 9.10. The van der Waals surface area contributed by atoms with Crippen molar-refractivity contribution in [2.24, 2.45) is 5.73 Å². The lowest BCUT2D eigenvalue weighted by molar-refractivity contribution is 0.698. The first kappa shape index (κ1) is 12.2. The van der Waals surface area contributed by atoms with Crippen LogP contribution in [0.4, 0.5) is 0 Å². The normalized spacial score (nSPS) is 12.4. The van der Waals surface area contributed by atoms with Gasteiger partial charge in [0, 0.05) is 41.2 Å². The van der Waals surface area contributed by atoms with Crippen LogP contribution in [0.3, 0.4) is 0 Å². The van der Waals surface area contributed by atoms with E-state index in [9.17, 15) is 0 Å². The van der Waals surface area contributed by atoms with E-state index < -0.39 is 0 Å². The number of hydrogen-bond acceptors (Lipinski definition) is 3. The molecule has 1 unspecified atom stereocenters. The van der Waals surface area contributed by atoms with Crippen LogP contribution in [-0.2, 0) is 6.42 Å². The smallest absolute Gasteiger partial charge is 0.0423 e. The molecule has 0 saturated heterocycles. The van der Waals surface area contributed by atoms with E-state index in [1.54, 1.807) is 12.4 Å². The predicted molar refractivity (Wildman–Crippen MR) is 71.5 cm³/mol. The van der Waals surface area contributed by atoms with Gasteiger partial charge in [0.15, 0.2) is 0 Å². The van der Waals surface area contributed by atoms with Crippen molar-refractivity contribution in [2.75, 3.05) is 0 Å². The Hall–Kier alpha value is -1.26. The molecular weight excluding hydrogens is 278 g/mol. The van der Waals surface area contributed by atoms with E-state index in [0.717, 1.165) is 22.2 Å². The summed E-state index contributed by atoms with van der Waals surface area (Å²) in [5, 5.41) is 0. The van der Waals surface area contributed by atoms with E-state index in [-0.39, 0.29) is 6.04 Å². The second-order valence-electron chi connectivity index (χ2n) is 4.01. The summed E-state index contributed by atoms with van der Waals surface area (Å²) < 4.78 is 0.979. The van der Waals surface area contributed by atoms with Gasteiger partial charge in [-0.25, -0.2) is 0 Å². The van der Waals surface area contributed by atoms with Gasteiger partial charge in [-0.15, -0.1) is 0 Å². The first-order chi connectivity index (χ1) is 8.16. The molecule has 0 saturated carbocycles. The third-order valence-corrected chi connectivity index (χ3v) is 3.17. The van der Waals surface area contributed by atoms with Crippen molar-refractivity contribution >= 4 is 15.9 Å². The van der Waals surface area contributed by atoms with Gasteiger partial charge in [0.25, 0.3) is 0 Å². The third-order valence-electron chi connectivity index (χ3n) is 2.70. The van der Waals surface area contributed by atoms with E-state index in [1.165, 1.54) is 5.56 Å². The summed E-state index contributed by atoms with van der Waals surface area (Å²) in [6.07, 6.45) is 6.13. The molecule has 0 fully saturated rings. The molecule has 17 heavy (non-hydrogen) atoms. The number of aromatic nitrogens is 2. The standard InChI is InChI=1S/C13H14BrN3/c1-9-4-5-16-8-12(9)13(15)6-11-3-2-10(14)7-17-11/h2-5,7-8,13H,6,15H2,1H3. The van der Waals surface area contributed by atoms with Gasteiger partial charge in [-0.1, -0.05) is 0 Å². The summed E-state index contributed by atoms with van der Waals surface area (Å²) in [7, 11) is 0. The molecular formula is C13H14BrN3. The Morgan fingerprint density at radius 2 is 2.12 bits per heavy atom. The van der Waals surface area contributed by atoms with Crippen LogP contribution in [-0.4, -0.2) is 9.97 Å². The van der Waals surface area contributed by atoms with E-state index in [0.29, 0.717) is 0 Å². The lowest BCUT2D eigenvalue weighted by atomic mass is 10.0. The van der Waals surface area contributed by atoms with Gasteiger partial charge >= 0.3 is 0 Å². The molecule has 2 aromatic rings. The molecule has 0 aliphatic rings. The average molecular weight is 292 g/mol. The molecule has 3 nitrogen and oxygen atoms in total. The largest absolute Gasteiger partial charge is 0.324 e. The minimum Gasteiger partial charge on any atom is -0.324 e. The van der Waals surface area contributed by atoms with Crippen LogP contribution in [0.2, 0.25) is 0 Å². The minimum atomic E-state index is -0.0580. The monoisotopic (exact) mass is 291 g/mol. The van der Waals surface area contributed by atoms with Gasteiger partial charge in [-0.3, -0.25) is 9.97 Å². The quantitative estimate of drug-likeness (QED) is 0.946. The van der Waals surface area contributed by atoms with E-state index >= 15 is 0 Å². The number of aryl methyl sites for hydroxylation is 1. The van der Waals surface area contributed by atoms with E-state index in [4.69, 9.17) is 5.73 Å². The maximum Gasteiger partial charge on any atom is 0.0423 e. The van der Waals surface area contributed by atoms with Crippen molar-refractivity contribution in [3.05, 3.63) is 58.1 Å². The summed E-state index contributed by atoms with van der Waals surface area (Å²) in [5.41, 5.74) is 9.42. The third kappa shape index (κ3) is 3.11. The molecule has 88 valence electrons. The zero-order chi connectivity index (χ0) is 12.3. The maximum atomic E-state index is 6.17. The summed E-state index contributed by atoms with van der Waals surface area (Å²) in [4.78, 5) is 8.44. The van der Waals surface area contributed by atoms with Gasteiger partial charge in [0.1, 0.15) is 0 Å². The molecule has 2 aromatic heterocycles. The fourth-order valence-corrected chi connectivity index (χ4v) is 1.96. The Bertz CT molecular complexity index is 496. The molecule has 2 N–H and O–H groups in total. The molecule has 0 amide bonds. The van der Waals surface area contributed by atoms with E-state index in [1.807, 2.05) is 31.3 Å². The molecule has 0 bridgehead atoms. The topological polar surface area (TPSA) is 51.8 Å². The van der Waals surface area contributed by atoms with Crippen molar-refractivity contribution in [3.63, 3.8) is 0 Å². The Morgan fingerprint density at radius 3 is 2.76 bits per heavy atom. The Kier molecular flexibility index (Phi) is 3.86. The Labute approximate surface area is 109 Å². The lowest BCUT2D eigenvalue weighted by Crippen LogP contribution is -2.15. The van der Waals surface area contributed by atoms with Gasteiger partial charge in [0.2, 0.25) is 0 Å². The number of halogens is 1.